The van der Waals surface area contributed by atoms with E-state index >= 15 is 0 Å². The third kappa shape index (κ3) is 11.9. The highest BCUT2D eigenvalue weighted by atomic mass is 16.6. The maximum absolute atomic E-state index is 13.4. The molecule has 2 N–H and O–H groups in total. The van der Waals surface area contributed by atoms with Gasteiger partial charge >= 0.3 is 5.97 Å². The molecule has 8 atom stereocenters. The minimum absolute atomic E-state index is 0.0105. The standard InChI is InChI=1S/C35H54O7/c1-21(2)17-23(4)15-16-29(36)27(8)33(38)28(9)34-30(40-10)14-12-13-22(3)18-25(6)32(37)26(7)19-24(5)20-31(41-11)35(39)42-34/h12-17,19-21,25-28,30,32-34,37-38H,18H2,1-11H3/b14-12+,16-15+,22-13+,23-17+,24-19+,31-20+/t25-,26+,27+,28-,30-,32+,33-,34+/m0/s1. The molecule has 0 radical (unpaired) electrons. The van der Waals surface area contributed by atoms with Crippen LogP contribution in [0.5, 0.6) is 0 Å². The molecule has 0 fully saturated rings. The molecule has 0 aromatic rings. The van der Waals surface area contributed by atoms with Gasteiger partial charge in [0.25, 0.3) is 0 Å². The topological polar surface area (TPSA) is 102 Å². The van der Waals surface area contributed by atoms with Crippen LogP contribution in [0.3, 0.4) is 0 Å². The molecule has 0 amide bonds. The summed E-state index contributed by atoms with van der Waals surface area (Å²) in [7, 11) is 2.89. The van der Waals surface area contributed by atoms with Crippen molar-refractivity contribution in [2.24, 2.45) is 29.6 Å². The predicted octanol–water partition coefficient (Wildman–Crippen LogP) is 6.29. The molecule has 0 aromatic heterocycles. The van der Waals surface area contributed by atoms with Crippen LogP contribution in [0.15, 0.2) is 71.1 Å². The van der Waals surface area contributed by atoms with E-state index < -0.39 is 42.2 Å². The van der Waals surface area contributed by atoms with Gasteiger partial charge in [0.15, 0.2) is 5.78 Å². The van der Waals surface area contributed by atoms with Crippen molar-refractivity contribution >= 4 is 11.8 Å². The van der Waals surface area contributed by atoms with Gasteiger partial charge in [0.2, 0.25) is 5.76 Å². The lowest BCUT2D eigenvalue weighted by Gasteiger charge is -2.33. The number of hydrogen-bond donors (Lipinski definition) is 2. The quantitative estimate of drug-likeness (QED) is 0.186. The van der Waals surface area contributed by atoms with Crippen molar-refractivity contribution in [3.05, 3.63) is 71.1 Å². The van der Waals surface area contributed by atoms with Gasteiger partial charge in [-0.15, -0.1) is 0 Å². The van der Waals surface area contributed by atoms with E-state index in [1.54, 1.807) is 32.1 Å². The average molecular weight is 587 g/mol. The maximum Gasteiger partial charge on any atom is 0.373 e. The van der Waals surface area contributed by atoms with Crippen molar-refractivity contribution in [2.45, 2.75) is 93.2 Å². The van der Waals surface area contributed by atoms with E-state index in [0.29, 0.717) is 12.3 Å². The lowest BCUT2D eigenvalue weighted by Crippen LogP contribution is -2.45. The minimum atomic E-state index is -1.12. The fourth-order valence-electron chi connectivity index (χ4n) is 5.26. The number of aliphatic hydroxyl groups excluding tert-OH is 2. The summed E-state index contributed by atoms with van der Waals surface area (Å²) in [6.07, 6.45) is 11.7. The first-order chi connectivity index (χ1) is 19.6. The molecule has 0 saturated carbocycles. The molecule has 1 aliphatic heterocycles. The molecule has 0 saturated heterocycles. The summed E-state index contributed by atoms with van der Waals surface area (Å²) in [4.78, 5) is 26.3. The largest absolute Gasteiger partial charge is 0.490 e. The summed E-state index contributed by atoms with van der Waals surface area (Å²) < 4.78 is 17.1. The van der Waals surface area contributed by atoms with Gasteiger partial charge in [-0.3, -0.25) is 4.79 Å². The Bertz CT molecular complexity index is 1070. The monoisotopic (exact) mass is 586 g/mol. The molecule has 7 heteroatoms. The first-order valence-corrected chi connectivity index (χ1v) is 14.9. The lowest BCUT2D eigenvalue weighted by atomic mass is 9.84. The Kier molecular flexibility index (Phi) is 16.0. The number of hydrogen-bond acceptors (Lipinski definition) is 7. The van der Waals surface area contributed by atoms with Gasteiger partial charge in [-0.25, -0.2) is 4.79 Å². The van der Waals surface area contributed by atoms with E-state index in [1.807, 2.05) is 52.8 Å². The van der Waals surface area contributed by atoms with Gasteiger partial charge < -0.3 is 24.4 Å². The van der Waals surface area contributed by atoms with Crippen LogP contribution in [0.1, 0.15) is 68.7 Å². The molecule has 0 spiro atoms. The summed E-state index contributed by atoms with van der Waals surface area (Å²) in [5.41, 5.74) is 2.78. The van der Waals surface area contributed by atoms with Crippen LogP contribution in [-0.4, -0.2) is 60.6 Å². The Morgan fingerprint density at radius 1 is 1.12 bits per heavy atom. The highest BCUT2D eigenvalue weighted by molar-refractivity contribution is 5.92. The summed E-state index contributed by atoms with van der Waals surface area (Å²) in [5, 5.41) is 22.2. The molecular weight excluding hydrogens is 532 g/mol. The summed E-state index contributed by atoms with van der Waals surface area (Å²) in [5.74, 6) is -2.18. The highest BCUT2D eigenvalue weighted by Crippen LogP contribution is 2.27. The van der Waals surface area contributed by atoms with E-state index in [-0.39, 0.29) is 23.4 Å². The SMILES string of the molecule is CO/C1=C/C(C)=C/[C@@H](C)[C@H](O)[C@@H](C)C/C(C)=C/C=C/[C@H](OC)[C@@H]([C@@H](C)[C@@H](O)[C@H](C)C(=O)/C=C/C(C)=C/C(C)C)OC1=O. The van der Waals surface area contributed by atoms with Crippen LogP contribution < -0.4 is 0 Å². The molecule has 7 nitrogen and oxygen atoms in total. The number of methoxy groups -OCH3 is 2. The minimum Gasteiger partial charge on any atom is -0.490 e. The second-order valence-electron chi connectivity index (χ2n) is 12.2. The first-order valence-electron chi connectivity index (χ1n) is 14.9. The smallest absolute Gasteiger partial charge is 0.373 e. The van der Waals surface area contributed by atoms with Gasteiger partial charge in [-0.05, 0) is 51.2 Å². The molecule has 0 aliphatic carbocycles. The van der Waals surface area contributed by atoms with Crippen LogP contribution in [0, 0.1) is 29.6 Å². The molecule has 1 heterocycles. The van der Waals surface area contributed by atoms with E-state index in [4.69, 9.17) is 14.2 Å². The van der Waals surface area contributed by atoms with E-state index in [1.165, 1.54) is 20.3 Å². The number of ether oxygens (including phenoxy) is 3. The maximum atomic E-state index is 13.4. The van der Waals surface area contributed by atoms with Crippen molar-refractivity contribution in [3.8, 4) is 0 Å². The molecule has 0 aromatic carbocycles. The Morgan fingerprint density at radius 3 is 2.33 bits per heavy atom. The number of rotatable bonds is 9. The second kappa shape index (κ2) is 18.0. The highest BCUT2D eigenvalue weighted by Gasteiger charge is 2.38. The van der Waals surface area contributed by atoms with Gasteiger partial charge in [0, 0.05) is 24.9 Å². The second-order valence-corrected chi connectivity index (χ2v) is 12.2. The fraction of sp³-hybridized carbons (Fsp3) is 0.600. The van der Waals surface area contributed by atoms with Crippen molar-refractivity contribution < 1.29 is 34.0 Å². The van der Waals surface area contributed by atoms with Gasteiger partial charge in [-0.2, -0.15) is 0 Å². The fourth-order valence-corrected chi connectivity index (χ4v) is 5.26. The average Bonchev–Trinajstić information content (AvgIpc) is 2.93. The van der Waals surface area contributed by atoms with Gasteiger partial charge in [0.05, 0.1) is 19.3 Å². The van der Waals surface area contributed by atoms with Gasteiger partial charge in [-0.1, -0.05) is 94.7 Å². The number of carbonyl (C=O) groups is 2. The summed E-state index contributed by atoms with van der Waals surface area (Å²) >= 11 is 0. The molecular formula is C35H54O7. The number of cyclic esters (lactones) is 1. The number of aliphatic hydroxyl groups is 2. The number of carbonyl (C=O) groups excluding carboxylic acids is 2. The third-order valence-electron chi connectivity index (χ3n) is 7.72. The lowest BCUT2D eigenvalue weighted by molar-refractivity contribution is -0.162. The number of allylic oxidation sites excluding steroid dienone is 9. The van der Waals surface area contributed by atoms with E-state index in [2.05, 4.69) is 19.9 Å². The Balaban J connectivity index is 3.49. The van der Waals surface area contributed by atoms with Gasteiger partial charge in [0.1, 0.15) is 12.2 Å². The van der Waals surface area contributed by atoms with Crippen LogP contribution in [0.2, 0.25) is 0 Å². The molecule has 42 heavy (non-hydrogen) atoms. The normalized spacial score (nSPS) is 32.0. The Hall–Kier alpha value is -2.74. The zero-order chi connectivity index (χ0) is 32.1. The Morgan fingerprint density at radius 2 is 1.76 bits per heavy atom. The molecule has 236 valence electrons. The van der Waals surface area contributed by atoms with Crippen LogP contribution in [-0.2, 0) is 23.8 Å². The van der Waals surface area contributed by atoms with Crippen molar-refractivity contribution in [2.75, 3.05) is 14.2 Å². The van der Waals surface area contributed by atoms with E-state index in [9.17, 15) is 19.8 Å². The number of ketones is 1. The first kappa shape index (κ1) is 37.3. The zero-order valence-electron chi connectivity index (χ0n) is 27.5. The number of esters is 1. The molecule has 1 aliphatic rings. The van der Waals surface area contributed by atoms with Crippen LogP contribution >= 0.6 is 0 Å². The predicted molar refractivity (Wildman–Crippen MR) is 168 cm³/mol. The molecule has 0 unspecified atom stereocenters. The van der Waals surface area contributed by atoms with Crippen molar-refractivity contribution in [1.29, 1.82) is 0 Å². The Labute approximate surface area is 253 Å². The third-order valence-corrected chi connectivity index (χ3v) is 7.72. The zero-order valence-corrected chi connectivity index (χ0v) is 27.5. The van der Waals surface area contributed by atoms with Crippen LogP contribution in [0.25, 0.3) is 0 Å². The van der Waals surface area contributed by atoms with E-state index in [0.717, 1.165) is 16.7 Å². The van der Waals surface area contributed by atoms with Crippen molar-refractivity contribution in [1.82, 2.24) is 0 Å². The summed E-state index contributed by atoms with van der Waals surface area (Å²) in [6, 6.07) is 0. The molecule has 0 bridgehead atoms. The van der Waals surface area contributed by atoms with Crippen molar-refractivity contribution in [3.63, 3.8) is 0 Å². The summed E-state index contributed by atoms with van der Waals surface area (Å²) in [6.45, 7) is 17.2. The van der Waals surface area contributed by atoms with Crippen LogP contribution in [0.4, 0.5) is 0 Å². The molecule has 1 rings (SSSR count).